The van der Waals surface area contributed by atoms with Gasteiger partial charge in [-0.15, -0.1) is 11.3 Å². The minimum atomic E-state index is 0.0955. The third kappa shape index (κ3) is 7.41. The Hall–Kier alpha value is -2.70. The number of carbonyl (C=O) groups excluding carboxylic acids is 1. The van der Waals surface area contributed by atoms with Gasteiger partial charge in [0.25, 0.3) is 0 Å². The number of carbonyl (C=O) groups is 1. The molecule has 33 heavy (non-hydrogen) atoms. The van der Waals surface area contributed by atoms with Crippen molar-refractivity contribution in [1.29, 1.82) is 0 Å². The lowest BCUT2D eigenvalue weighted by Crippen LogP contribution is -2.42. The number of nitrogens with one attached hydrogen (secondary N) is 2. The zero-order valence-electron chi connectivity index (χ0n) is 19.4. The lowest BCUT2D eigenvalue weighted by Gasteiger charge is -2.34. The van der Waals surface area contributed by atoms with E-state index in [1.54, 1.807) is 11.3 Å². The van der Waals surface area contributed by atoms with Crippen molar-refractivity contribution >= 4 is 28.6 Å². The van der Waals surface area contributed by atoms with E-state index in [2.05, 4.69) is 62.3 Å². The first-order valence-electron chi connectivity index (χ1n) is 12.0. The molecule has 0 aliphatic carbocycles. The quantitative estimate of drug-likeness (QED) is 0.387. The molecule has 0 radical (unpaired) electrons. The molecule has 1 aliphatic rings. The fourth-order valence-corrected chi connectivity index (χ4v) is 5.02. The largest absolute Gasteiger partial charge is 0.371 e. The van der Waals surface area contributed by atoms with Gasteiger partial charge in [-0.25, -0.2) is 4.98 Å². The maximum absolute atomic E-state index is 12.3. The van der Waals surface area contributed by atoms with Crippen LogP contribution in [-0.4, -0.2) is 30.0 Å². The maximum atomic E-state index is 12.3. The van der Waals surface area contributed by atoms with E-state index >= 15 is 0 Å². The molecule has 1 amide bonds. The zero-order valence-corrected chi connectivity index (χ0v) is 20.2. The van der Waals surface area contributed by atoms with Crippen molar-refractivity contribution in [1.82, 2.24) is 10.3 Å². The van der Waals surface area contributed by atoms with E-state index in [1.807, 2.05) is 25.1 Å². The van der Waals surface area contributed by atoms with Crippen LogP contribution in [0.4, 0.5) is 11.4 Å². The van der Waals surface area contributed by atoms with Gasteiger partial charge in [0.05, 0.1) is 0 Å². The van der Waals surface area contributed by atoms with Crippen LogP contribution in [0.5, 0.6) is 0 Å². The van der Waals surface area contributed by atoms with Gasteiger partial charge in [0, 0.05) is 54.5 Å². The topological polar surface area (TPSA) is 57.3 Å². The highest BCUT2D eigenvalue weighted by Gasteiger charge is 2.19. The fourth-order valence-electron chi connectivity index (χ4n) is 4.30. The van der Waals surface area contributed by atoms with E-state index in [-0.39, 0.29) is 5.91 Å². The van der Waals surface area contributed by atoms with Gasteiger partial charge < -0.3 is 15.5 Å². The van der Waals surface area contributed by atoms with Crippen LogP contribution in [0.1, 0.15) is 48.4 Å². The Bertz CT molecular complexity index is 994. The average Bonchev–Trinajstić information content (AvgIpc) is 3.27. The zero-order chi connectivity index (χ0) is 22.9. The van der Waals surface area contributed by atoms with Gasteiger partial charge in [-0.3, -0.25) is 4.79 Å². The van der Waals surface area contributed by atoms with E-state index in [0.717, 1.165) is 63.1 Å². The van der Waals surface area contributed by atoms with Crippen LogP contribution in [0.2, 0.25) is 0 Å². The summed E-state index contributed by atoms with van der Waals surface area (Å²) in [5.41, 5.74) is 4.55. The van der Waals surface area contributed by atoms with Crippen LogP contribution in [0.3, 0.4) is 0 Å². The molecule has 1 saturated heterocycles. The molecule has 1 fully saturated rings. The molecule has 3 aromatic rings. The normalized spacial score (nSPS) is 14.4. The standard InChI is InChI=1S/C27H34N4OS/c1-21-20-33-27(29-21)19-28-23-15-17-31(18-16-23)25-13-11-24(12-14-25)30-26(32)10-6-5-9-22-7-3-2-4-8-22/h2-4,7-8,11-14,20,23,28H,5-6,9-10,15-19H2,1H3,(H,30,32). The summed E-state index contributed by atoms with van der Waals surface area (Å²) >= 11 is 1.73. The predicted octanol–water partition coefficient (Wildman–Crippen LogP) is 5.56. The van der Waals surface area contributed by atoms with Crippen LogP contribution >= 0.6 is 11.3 Å². The summed E-state index contributed by atoms with van der Waals surface area (Å²) in [5.74, 6) is 0.0955. The summed E-state index contributed by atoms with van der Waals surface area (Å²) in [6.45, 7) is 5.00. The number of nitrogens with zero attached hydrogens (tertiary/aromatic N) is 2. The number of hydrogen-bond donors (Lipinski definition) is 2. The van der Waals surface area contributed by atoms with E-state index in [0.29, 0.717) is 12.5 Å². The van der Waals surface area contributed by atoms with Crippen molar-refractivity contribution in [3.05, 3.63) is 76.2 Å². The molecule has 2 heterocycles. The Morgan fingerprint density at radius 1 is 1.06 bits per heavy atom. The SMILES string of the molecule is Cc1csc(CNC2CCN(c3ccc(NC(=O)CCCCc4ccccc4)cc3)CC2)n1. The van der Waals surface area contributed by atoms with Crippen molar-refractivity contribution < 1.29 is 4.79 Å². The van der Waals surface area contributed by atoms with Gasteiger partial charge in [0.15, 0.2) is 0 Å². The molecule has 174 valence electrons. The second kappa shape index (κ2) is 12.0. The molecule has 2 aromatic carbocycles. The third-order valence-corrected chi connectivity index (χ3v) is 7.15. The second-order valence-corrected chi connectivity index (χ2v) is 9.76. The molecule has 1 aromatic heterocycles. The van der Waals surface area contributed by atoms with Crippen molar-refractivity contribution in [2.24, 2.45) is 0 Å². The summed E-state index contributed by atoms with van der Waals surface area (Å²) in [6, 6.07) is 19.3. The van der Waals surface area contributed by atoms with Crippen molar-refractivity contribution in [2.75, 3.05) is 23.3 Å². The minimum absolute atomic E-state index is 0.0955. The number of aryl methyl sites for hydroxylation is 2. The number of unbranched alkanes of at least 4 members (excludes halogenated alkanes) is 1. The Labute approximate surface area is 201 Å². The van der Waals surface area contributed by atoms with Gasteiger partial charge in [0.1, 0.15) is 5.01 Å². The van der Waals surface area contributed by atoms with Crippen LogP contribution in [0.25, 0.3) is 0 Å². The average molecular weight is 463 g/mol. The predicted molar refractivity (Wildman–Crippen MR) is 138 cm³/mol. The smallest absolute Gasteiger partial charge is 0.224 e. The van der Waals surface area contributed by atoms with Gasteiger partial charge >= 0.3 is 0 Å². The van der Waals surface area contributed by atoms with E-state index < -0.39 is 0 Å². The first kappa shape index (κ1) is 23.5. The summed E-state index contributed by atoms with van der Waals surface area (Å²) in [5, 5.41) is 9.98. The van der Waals surface area contributed by atoms with E-state index in [9.17, 15) is 4.79 Å². The first-order chi connectivity index (χ1) is 16.2. The molecule has 0 bridgehead atoms. The monoisotopic (exact) mass is 462 g/mol. The summed E-state index contributed by atoms with van der Waals surface area (Å²) < 4.78 is 0. The Balaban J connectivity index is 1.14. The number of anilines is 2. The number of thiazole rings is 1. The Morgan fingerprint density at radius 3 is 2.52 bits per heavy atom. The minimum Gasteiger partial charge on any atom is -0.371 e. The van der Waals surface area contributed by atoms with Gasteiger partial charge in [-0.1, -0.05) is 30.3 Å². The highest BCUT2D eigenvalue weighted by molar-refractivity contribution is 7.09. The highest BCUT2D eigenvalue weighted by atomic mass is 32.1. The molecular weight excluding hydrogens is 428 g/mol. The Morgan fingerprint density at radius 2 is 1.82 bits per heavy atom. The number of benzene rings is 2. The second-order valence-electron chi connectivity index (χ2n) is 8.81. The molecule has 4 rings (SSSR count). The molecule has 0 atom stereocenters. The molecule has 0 unspecified atom stereocenters. The van der Waals surface area contributed by atoms with Crippen LogP contribution in [-0.2, 0) is 17.8 Å². The Kier molecular flexibility index (Phi) is 8.50. The van der Waals surface area contributed by atoms with E-state index in [1.165, 1.54) is 16.3 Å². The van der Waals surface area contributed by atoms with Crippen molar-refractivity contribution in [2.45, 2.75) is 58.0 Å². The van der Waals surface area contributed by atoms with Gasteiger partial charge in [-0.05, 0) is 68.9 Å². The molecule has 1 aliphatic heterocycles. The maximum Gasteiger partial charge on any atom is 0.224 e. The highest BCUT2D eigenvalue weighted by Crippen LogP contribution is 2.23. The number of hydrogen-bond acceptors (Lipinski definition) is 5. The molecule has 2 N–H and O–H groups in total. The van der Waals surface area contributed by atoms with Gasteiger partial charge in [0.2, 0.25) is 5.91 Å². The lowest BCUT2D eigenvalue weighted by molar-refractivity contribution is -0.116. The third-order valence-electron chi connectivity index (χ3n) is 6.18. The van der Waals surface area contributed by atoms with Crippen LogP contribution < -0.4 is 15.5 Å². The summed E-state index contributed by atoms with van der Waals surface area (Å²) in [4.78, 5) is 19.2. The molecular formula is C27H34N4OS. The molecule has 6 heteroatoms. The van der Waals surface area contributed by atoms with Crippen molar-refractivity contribution in [3.8, 4) is 0 Å². The molecule has 0 spiro atoms. The van der Waals surface area contributed by atoms with Crippen molar-refractivity contribution in [3.63, 3.8) is 0 Å². The van der Waals surface area contributed by atoms with Crippen LogP contribution in [0.15, 0.2) is 60.0 Å². The fraction of sp³-hybridized carbons (Fsp3) is 0.407. The summed E-state index contributed by atoms with van der Waals surface area (Å²) in [7, 11) is 0. The summed E-state index contributed by atoms with van der Waals surface area (Å²) in [6.07, 6.45) is 5.79. The molecule has 5 nitrogen and oxygen atoms in total. The van der Waals surface area contributed by atoms with Gasteiger partial charge in [-0.2, -0.15) is 0 Å². The number of piperidine rings is 1. The number of aromatic nitrogens is 1. The number of amides is 1. The van der Waals surface area contributed by atoms with E-state index in [4.69, 9.17) is 0 Å². The number of rotatable bonds is 10. The first-order valence-corrected chi connectivity index (χ1v) is 12.9. The lowest BCUT2D eigenvalue weighted by atomic mass is 10.0. The van der Waals surface area contributed by atoms with Crippen LogP contribution in [0, 0.1) is 6.92 Å². The molecule has 0 saturated carbocycles.